The average molecular weight is 327 g/mol. The zero-order chi connectivity index (χ0) is 16.4. The maximum absolute atomic E-state index is 12.5. The van der Waals surface area contributed by atoms with Gasteiger partial charge in [0, 0.05) is 34.7 Å². The molecular weight excluding hydrogens is 310 g/mol. The Balaban J connectivity index is 1.97. The number of aryl methyl sites for hydroxylation is 1. The third-order valence-electron chi connectivity index (χ3n) is 3.64. The Morgan fingerprint density at radius 3 is 2.83 bits per heavy atom. The van der Waals surface area contributed by atoms with E-state index in [0.717, 1.165) is 22.8 Å². The van der Waals surface area contributed by atoms with E-state index in [2.05, 4.69) is 10.3 Å². The van der Waals surface area contributed by atoms with Gasteiger partial charge in [-0.15, -0.1) is 11.3 Å². The van der Waals surface area contributed by atoms with Gasteiger partial charge in [-0.25, -0.2) is 4.98 Å². The van der Waals surface area contributed by atoms with Crippen molar-refractivity contribution in [2.24, 2.45) is 0 Å². The fourth-order valence-corrected chi connectivity index (χ4v) is 3.11. The molecule has 3 aromatic rings. The monoisotopic (exact) mass is 327 g/mol. The molecule has 0 aliphatic heterocycles. The maximum atomic E-state index is 12.5. The van der Waals surface area contributed by atoms with Crippen LogP contribution in [0.15, 0.2) is 41.9 Å². The van der Waals surface area contributed by atoms with Crippen molar-refractivity contribution >= 4 is 22.4 Å². The number of anilines is 1. The highest BCUT2D eigenvalue weighted by atomic mass is 32.1. The summed E-state index contributed by atoms with van der Waals surface area (Å²) >= 11 is 1.40. The molecule has 1 amide bonds. The van der Waals surface area contributed by atoms with Gasteiger partial charge < -0.3 is 9.30 Å². The molecule has 0 saturated heterocycles. The molecule has 1 aromatic carbocycles. The Hall–Kier alpha value is -2.60. The zero-order valence-electron chi connectivity index (χ0n) is 13.2. The molecule has 0 aliphatic rings. The Bertz CT molecular complexity index is 838. The summed E-state index contributed by atoms with van der Waals surface area (Å²) in [7, 11) is 1.64. The Morgan fingerprint density at radius 1 is 1.30 bits per heavy atom. The Kier molecular flexibility index (Phi) is 4.16. The molecule has 2 aromatic heterocycles. The van der Waals surface area contributed by atoms with Gasteiger partial charge in [-0.3, -0.25) is 10.1 Å². The number of hydrogen-bond donors (Lipinski definition) is 1. The summed E-state index contributed by atoms with van der Waals surface area (Å²) in [6, 6.07) is 9.65. The minimum atomic E-state index is -0.151. The van der Waals surface area contributed by atoms with Gasteiger partial charge >= 0.3 is 0 Å². The van der Waals surface area contributed by atoms with Gasteiger partial charge in [0.05, 0.1) is 12.7 Å². The number of nitrogens with one attached hydrogen (secondary N) is 1. The van der Waals surface area contributed by atoms with Gasteiger partial charge in [0.1, 0.15) is 5.75 Å². The molecule has 0 radical (unpaired) electrons. The fourth-order valence-electron chi connectivity index (χ4n) is 2.59. The summed E-state index contributed by atoms with van der Waals surface area (Å²) in [6.07, 6.45) is 1.67. The van der Waals surface area contributed by atoms with Crippen LogP contribution in [0.1, 0.15) is 21.7 Å². The minimum Gasteiger partial charge on any atom is -0.497 e. The molecule has 0 aliphatic carbocycles. The van der Waals surface area contributed by atoms with Crippen LogP contribution in [0, 0.1) is 13.8 Å². The molecule has 0 fully saturated rings. The van der Waals surface area contributed by atoms with Crippen LogP contribution in [-0.4, -0.2) is 22.6 Å². The van der Waals surface area contributed by atoms with Crippen molar-refractivity contribution in [2.45, 2.75) is 13.8 Å². The second-order valence-electron chi connectivity index (χ2n) is 5.11. The third-order valence-corrected chi connectivity index (χ3v) is 4.33. The highest BCUT2D eigenvalue weighted by molar-refractivity contribution is 7.13. The van der Waals surface area contributed by atoms with E-state index in [4.69, 9.17) is 4.74 Å². The SMILES string of the molecule is COc1cccc(-n2c(C)cc(C(=O)Nc3nccs3)c2C)c1. The minimum absolute atomic E-state index is 0.151. The summed E-state index contributed by atoms with van der Waals surface area (Å²) in [5, 5.41) is 5.25. The number of carbonyl (C=O) groups excluding carboxylic acids is 1. The first kappa shape index (κ1) is 15.3. The van der Waals surface area contributed by atoms with Crippen molar-refractivity contribution in [2.75, 3.05) is 12.4 Å². The van der Waals surface area contributed by atoms with Crippen molar-refractivity contribution < 1.29 is 9.53 Å². The molecule has 23 heavy (non-hydrogen) atoms. The fraction of sp³-hybridized carbons (Fsp3) is 0.176. The quantitative estimate of drug-likeness (QED) is 0.793. The van der Waals surface area contributed by atoms with E-state index in [9.17, 15) is 4.79 Å². The van der Waals surface area contributed by atoms with Crippen molar-refractivity contribution in [3.8, 4) is 11.4 Å². The Labute approximate surface area is 138 Å². The molecule has 0 unspecified atom stereocenters. The molecule has 0 spiro atoms. The second kappa shape index (κ2) is 6.26. The van der Waals surface area contributed by atoms with Crippen LogP contribution in [0.4, 0.5) is 5.13 Å². The number of ether oxygens (including phenoxy) is 1. The summed E-state index contributed by atoms with van der Waals surface area (Å²) < 4.78 is 7.32. The summed E-state index contributed by atoms with van der Waals surface area (Å²) in [6.45, 7) is 3.91. The first-order chi connectivity index (χ1) is 11.1. The van der Waals surface area contributed by atoms with E-state index < -0.39 is 0 Å². The lowest BCUT2D eigenvalue weighted by molar-refractivity contribution is 0.102. The number of aromatic nitrogens is 2. The second-order valence-corrected chi connectivity index (χ2v) is 6.01. The number of rotatable bonds is 4. The van der Waals surface area contributed by atoms with E-state index in [1.165, 1.54) is 11.3 Å². The standard InChI is InChI=1S/C17H17N3O2S/c1-11-9-15(16(21)19-17-18-7-8-23-17)12(2)20(11)13-5-4-6-14(10-13)22-3/h4-10H,1-3H3,(H,18,19,21). The average Bonchev–Trinajstić information content (AvgIpc) is 3.15. The number of hydrogen-bond acceptors (Lipinski definition) is 4. The first-order valence-corrected chi connectivity index (χ1v) is 8.02. The van der Waals surface area contributed by atoms with Gasteiger partial charge in [0.25, 0.3) is 5.91 Å². The van der Waals surface area contributed by atoms with E-state index in [-0.39, 0.29) is 5.91 Å². The molecule has 118 valence electrons. The molecule has 0 bridgehead atoms. The van der Waals surface area contributed by atoms with Gasteiger partial charge in [-0.05, 0) is 32.0 Å². The molecular formula is C17H17N3O2S. The molecule has 6 heteroatoms. The van der Waals surface area contributed by atoms with E-state index in [1.807, 2.05) is 54.1 Å². The molecule has 0 saturated carbocycles. The maximum Gasteiger partial charge on any atom is 0.259 e. The Morgan fingerprint density at radius 2 is 2.13 bits per heavy atom. The van der Waals surface area contributed by atoms with Gasteiger partial charge in [0.15, 0.2) is 5.13 Å². The lowest BCUT2D eigenvalue weighted by atomic mass is 10.2. The highest BCUT2D eigenvalue weighted by Crippen LogP contribution is 2.24. The van der Waals surface area contributed by atoms with Crippen LogP contribution in [0.3, 0.4) is 0 Å². The van der Waals surface area contributed by atoms with Crippen LogP contribution in [0.2, 0.25) is 0 Å². The van der Waals surface area contributed by atoms with E-state index >= 15 is 0 Å². The predicted molar refractivity (Wildman–Crippen MR) is 91.9 cm³/mol. The number of methoxy groups -OCH3 is 1. The summed E-state index contributed by atoms with van der Waals surface area (Å²) in [5.74, 6) is 0.631. The lowest BCUT2D eigenvalue weighted by Crippen LogP contribution is -2.12. The smallest absolute Gasteiger partial charge is 0.259 e. The van der Waals surface area contributed by atoms with Crippen molar-refractivity contribution in [3.05, 3.63) is 58.9 Å². The van der Waals surface area contributed by atoms with Crippen molar-refractivity contribution in [3.63, 3.8) is 0 Å². The normalized spacial score (nSPS) is 10.6. The topological polar surface area (TPSA) is 56.1 Å². The number of benzene rings is 1. The number of nitrogens with zero attached hydrogens (tertiary/aromatic N) is 2. The number of amides is 1. The summed E-state index contributed by atoms with van der Waals surface area (Å²) in [5.41, 5.74) is 3.47. The predicted octanol–water partition coefficient (Wildman–Crippen LogP) is 3.81. The molecule has 1 N–H and O–H groups in total. The third kappa shape index (κ3) is 2.98. The molecule has 2 heterocycles. The van der Waals surface area contributed by atoms with Crippen LogP contribution in [0.25, 0.3) is 5.69 Å². The zero-order valence-corrected chi connectivity index (χ0v) is 14.0. The molecule has 0 atom stereocenters. The van der Waals surface area contributed by atoms with Crippen molar-refractivity contribution in [1.29, 1.82) is 0 Å². The number of carbonyl (C=O) groups is 1. The number of thiazole rings is 1. The van der Waals surface area contributed by atoms with Crippen LogP contribution >= 0.6 is 11.3 Å². The van der Waals surface area contributed by atoms with Crippen LogP contribution in [-0.2, 0) is 0 Å². The van der Waals surface area contributed by atoms with E-state index in [1.54, 1.807) is 13.3 Å². The van der Waals surface area contributed by atoms with Crippen LogP contribution in [0.5, 0.6) is 5.75 Å². The molecule has 5 nitrogen and oxygen atoms in total. The van der Waals surface area contributed by atoms with E-state index in [0.29, 0.717) is 10.7 Å². The summed E-state index contributed by atoms with van der Waals surface area (Å²) in [4.78, 5) is 16.6. The van der Waals surface area contributed by atoms with Crippen LogP contribution < -0.4 is 10.1 Å². The van der Waals surface area contributed by atoms with Gasteiger partial charge in [-0.2, -0.15) is 0 Å². The first-order valence-electron chi connectivity index (χ1n) is 7.14. The highest BCUT2D eigenvalue weighted by Gasteiger charge is 2.17. The molecule has 3 rings (SSSR count). The lowest BCUT2D eigenvalue weighted by Gasteiger charge is -2.11. The van der Waals surface area contributed by atoms with Gasteiger partial charge in [-0.1, -0.05) is 6.07 Å². The largest absolute Gasteiger partial charge is 0.497 e. The van der Waals surface area contributed by atoms with Crippen molar-refractivity contribution in [1.82, 2.24) is 9.55 Å². The van der Waals surface area contributed by atoms with Gasteiger partial charge in [0.2, 0.25) is 0 Å².